The number of carbonyl (C=O) groups excluding carboxylic acids is 1. The molecule has 0 unspecified atom stereocenters. The summed E-state index contributed by atoms with van der Waals surface area (Å²) in [6.45, 7) is 9.19. The molecule has 54 valence electrons. The highest BCUT2D eigenvalue weighted by Crippen LogP contribution is 2.09. The molecule has 0 fully saturated rings. The smallest absolute Gasteiger partial charge is 0.143 e. The van der Waals surface area contributed by atoms with E-state index in [0.29, 0.717) is 0 Å². The lowest BCUT2D eigenvalue weighted by atomic mass is 10.1. The maximum absolute atomic E-state index is 9.98. The molecule has 0 rings (SSSR count). The third-order valence-corrected chi connectivity index (χ3v) is 1.27. The maximum atomic E-state index is 9.98. The van der Waals surface area contributed by atoms with Crippen LogP contribution >= 0.6 is 0 Å². The van der Waals surface area contributed by atoms with Crippen molar-refractivity contribution in [3.05, 3.63) is 36.5 Å². The second-order valence-electron chi connectivity index (χ2n) is 2.08. The fraction of sp³-hybridized carbons (Fsp3) is 0.222. The molecule has 0 aliphatic heterocycles. The van der Waals surface area contributed by atoms with E-state index in [-0.39, 0.29) is 0 Å². The first kappa shape index (κ1) is 8.89. The average Bonchev–Trinajstić information content (AvgIpc) is 1.89. The molecule has 0 saturated carbocycles. The Morgan fingerprint density at radius 1 is 1.60 bits per heavy atom. The summed E-state index contributed by atoms with van der Waals surface area (Å²) in [5, 5.41) is 0. The van der Waals surface area contributed by atoms with Crippen LogP contribution in [-0.4, -0.2) is 6.29 Å². The van der Waals surface area contributed by atoms with Crippen LogP contribution in [0.25, 0.3) is 0 Å². The van der Waals surface area contributed by atoms with Crippen molar-refractivity contribution < 1.29 is 4.79 Å². The molecule has 0 aliphatic rings. The van der Waals surface area contributed by atoms with Crippen molar-refractivity contribution in [1.82, 2.24) is 0 Å². The Morgan fingerprint density at radius 3 is 2.60 bits per heavy atom. The van der Waals surface area contributed by atoms with E-state index in [1.807, 2.05) is 6.92 Å². The van der Waals surface area contributed by atoms with E-state index in [1.165, 1.54) is 6.08 Å². The molecule has 0 heterocycles. The molecule has 1 heteroatoms. The number of aldehydes is 1. The minimum absolute atomic E-state index is 0.746. The van der Waals surface area contributed by atoms with Crippen LogP contribution in [0.4, 0.5) is 0 Å². The number of allylic oxidation sites excluding steroid dienone is 4. The van der Waals surface area contributed by atoms with E-state index in [0.717, 1.165) is 23.9 Å². The molecule has 0 amide bonds. The van der Waals surface area contributed by atoms with Crippen molar-refractivity contribution in [2.45, 2.75) is 13.3 Å². The molecule has 1 nitrogen and oxygen atoms in total. The van der Waals surface area contributed by atoms with E-state index in [4.69, 9.17) is 0 Å². The average molecular weight is 136 g/mol. The summed E-state index contributed by atoms with van der Waals surface area (Å²) in [5.41, 5.74) is 1.87. The summed E-state index contributed by atoms with van der Waals surface area (Å²) in [4.78, 5) is 9.98. The lowest BCUT2D eigenvalue weighted by Crippen LogP contribution is -1.81. The van der Waals surface area contributed by atoms with Gasteiger partial charge in [-0.05, 0) is 30.6 Å². The molecular formula is C9H12O. The Kier molecular flexibility index (Phi) is 4.21. The molecule has 0 spiro atoms. The fourth-order valence-corrected chi connectivity index (χ4v) is 0.555. The van der Waals surface area contributed by atoms with E-state index >= 15 is 0 Å². The topological polar surface area (TPSA) is 17.1 Å². The molecule has 0 aliphatic carbocycles. The number of carbonyl (C=O) groups is 1. The van der Waals surface area contributed by atoms with Crippen LogP contribution in [0.2, 0.25) is 0 Å². The maximum Gasteiger partial charge on any atom is 0.143 e. The van der Waals surface area contributed by atoms with Gasteiger partial charge in [0.05, 0.1) is 0 Å². The van der Waals surface area contributed by atoms with Crippen molar-refractivity contribution in [1.29, 1.82) is 0 Å². The second kappa shape index (κ2) is 4.74. The molecule has 0 aromatic carbocycles. The predicted octanol–water partition coefficient (Wildman–Crippen LogP) is 2.26. The molecule has 0 radical (unpaired) electrons. The van der Waals surface area contributed by atoms with Crippen molar-refractivity contribution in [3.63, 3.8) is 0 Å². The molecule has 0 N–H and O–H groups in total. The number of rotatable bonds is 4. The first-order valence-electron chi connectivity index (χ1n) is 3.13. The SMILES string of the molecule is C=CCC(=C)/C(C)=C\C=O. The monoisotopic (exact) mass is 136 g/mol. The minimum Gasteiger partial charge on any atom is -0.299 e. The standard InChI is InChI=1S/C9H12O/c1-4-5-8(2)9(3)6-7-10/h4,6-7H,1-2,5H2,3H3/b9-6-. The van der Waals surface area contributed by atoms with Gasteiger partial charge in [-0.2, -0.15) is 0 Å². The summed E-state index contributed by atoms with van der Waals surface area (Å²) < 4.78 is 0. The lowest BCUT2D eigenvalue weighted by molar-refractivity contribution is -0.104. The van der Waals surface area contributed by atoms with Crippen LogP contribution < -0.4 is 0 Å². The van der Waals surface area contributed by atoms with Crippen LogP contribution in [0.1, 0.15) is 13.3 Å². The minimum atomic E-state index is 0.746. The van der Waals surface area contributed by atoms with E-state index < -0.39 is 0 Å². The molecular weight excluding hydrogens is 124 g/mol. The molecule has 0 aromatic heterocycles. The molecule has 0 atom stereocenters. The highest BCUT2D eigenvalue weighted by molar-refractivity contribution is 5.67. The first-order chi connectivity index (χ1) is 4.72. The van der Waals surface area contributed by atoms with Crippen molar-refractivity contribution in [2.75, 3.05) is 0 Å². The summed E-state index contributed by atoms with van der Waals surface area (Å²) in [7, 11) is 0. The van der Waals surface area contributed by atoms with Gasteiger partial charge in [0.1, 0.15) is 6.29 Å². The van der Waals surface area contributed by atoms with Gasteiger partial charge in [-0.1, -0.05) is 12.7 Å². The van der Waals surface area contributed by atoms with Gasteiger partial charge in [-0.3, -0.25) is 4.79 Å². The highest BCUT2D eigenvalue weighted by atomic mass is 16.1. The third-order valence-electron chi connectivity index (χ3n) is 1.27. The molecule has 0 saturated heterocycles. The van der Waals surface area contributed by atoms with Gasteiger partial charge in [0.25, 0.3) is 0 Å². The highest BCUT2D eigenvalue weighted by Gasteiger charge is 1.91. The van der Waals surface area contributed by atoms with Gasteiger partial charge in [-0.15, -0.1) is 6.58 Å². The molecule has 10 heavy (non-hydrogen) atoms. The van der Waals surface area contributed by atoms with Gasteiger partial charge in [0.15, 0.2) is 0 Å². The molecule has 0 bridgehead atoms. The van der Waals surface area contributed by atoms with Crippen LogP contribution in [0.5, 0.6) is 0 Å². The quantitative estimate of drug-likeness (QED) is 0.251. The van der Waals surface area contributed by atoms with Crippen molar-refractivity contribution in [2.24, 2.45) is 0 Å². The number of hydrogen-bond donors (Lipinski definition) is 0. The predicted molar refractivity (Wildman–Crippen MR) is 43.8 cm³/mol. The van der Waals surface area contributed by atoms with Crippen molar-refractivity contribution >= 4 is 6.29 Å². The Hall–Kier alpha value is -1.11. The Morgan fingerprint density at radius 2 is 2.20 bits per heavy atom. The summed E-state index contributed by atoms with van der Waals surface area (Å²) in [6.07, 6.45) is 4.79. The van der Waals surface area contributed by atoms with Crippen LogP contribution in [-0.2, 0) is 4.79 Å². The summed E-state index contributed by atoms with van der Waals surface area (Å²) in [5.74, 6) is 0. The zero-order valence-corrected chi connectivity index (χ0v) is 6.26. The largest absolute Gasteiger partial charge is 0.299 e. The van der Waals surface area contributed by atoms with Crippen molar-refractivity contribution in [3.8, 4) is 0 Å². The third kappa shape index (κ3) is 3.02. The van der Waals surface area contributed by atoms with Gasteiger partial charge >= 0.3 is 0 Å². The van der Waals surface area contributed by atoms with E-state index in [9.17, 15) is 4.79 Å². The summed E-state index contributed by atoms with van der Waals surface area (Å²) in [6, 6.07) is 0. The Labute approximate surface area is 61.8 Å². The van der Waals surface area contributed by atoms with Crippen LogP contribution in [0, 0.1) is 0 Å². The van der Waals surface area contributed by atoms with Gasteiger partial charge in [-0.25, -0.2) is 0 Å². The lowest BCUT2D eigenvalue weighted by Gasteiger charge is -1.98. The van der Waals surface area contributed by atoms with Gasteiger partial charge < -0.3 is 0 Å². The Balaban J connectivity index is 4.06. The van der Waals surface area contributed by atoms with E-state index in [2.05, 4.69) is 13.2 Å². The first-order valence-corrected chi connectivity index (χ1v) is 3.13. The van der Waals surface area contributed by atoms with Crippen LogP contribution in [0.3, 0.4) is 0 Å². The fourth-order valence-electron chi connectivity index (χ4n) is 0.555. The zero-order chi connectivity index (χ0) is 7.98. The number of hydrogen-bond acceptors (Lipinski definition) is 1. The Bertz CT molecular complexity index is 175. The second-order valence-corrected chi connectivity index (χ2v) is 2.08. The normalized spacial score (nSPS) is 10.7. The molecule has 0 aromatic rings. The summed E-state index contributed by atoms with van der Waals surface area (Å²) >= 11 is 0. The van der Waals surface area contributed by atoms with E-state index in [1.54, 1.807) is 6.08 Å². The van der Waals surface area contributed by atoms with Crippen LogP contribution in [0.15, 0.2) is 36.5 Å². The van der Waals surface area contributed by atoms with Gasteiger partial charge in [0.2, 0.25) is 0 Å². The zero-order valence-electron chi connectivity index (χ0n) is 6.26. The van der Waals surface area contributed by atoms with Gasteiger partial charge in [0, 0.05) is 0 Å².